The van der Waals surface area contributed by atoms with Gasteiger partial charge in [0.1, 0.15) is 17.0 Å². The number of pyridine rings is 1. The molecule has 3 aromatic rings. The predicted molar refractivity (Wildman–Crippen MR) is 93.2 cm³/mol. The van der Waals surface area contributed by atoms with Gasteiger partial charge in [-0.15, -0.1) is 11.3 Å². The molecule has 0 aliphatic rings. The molecule has 120 valence electrons. The molecule has 0 bridgehead atoms. The Balaban J connectivity index is 2.08. The zero-order valence-corrected chi connectivity index (χ0v) is 14.2. The number of furan rings is 1. The molecule has 0 fully saturated rings. The summed E-state index contributed by atoms with van der Waals surface area (Å²) in [5.41, 5.74) is 9.08. The quantitative estimate of drug-likeness (QED) is 0.728. The second-order valence-corrected chi connectivity index (χ2v) is 6.72. The first-order valence-electron chi connectivity index (χ1n) is 7.38. The van der Waals surface area contributed by atoms with Crippen molar-refractivity contribution in [3.05, 3.63) is 45.5 Å². The van der Waals surface area contributed by atoms with Crippen molar-refractivity contribution in [3.8, 4) is 0 Å². The van der Waals surface area contributed by atoms with Gasteiger partial charge in [0.2, 0.25) is 5.78 Å². The van der Waals surface area contributed by atoms with Gasteiger partial charge in [-0.05, 0) is 38.9 Å². The largest absolute Gasteiger partial charge is 0.459 e. The van der Waals surface area contributed by atoms with Crippen LogP contribution in [0.15, 0.2) is 28.0 Å². The van der Waals surface area contributed by atoms with Crippen LogP contribution in [0.5, 0.6) is 0 Å². The first-order chi connectivity index (χ1) is 11.0. The average Bonchev–Trinajstić information content (AvgIpc) is 3.11. The molecule has 0 atom stereocenters. The normalized spacial score (nSPS) is 11.5. The lowest BCUT2D eigenvalue weighted by Crippen LogP contribution is -2.15. The van der Waals surface area contributed by atoms with Gasteiger partial charge in [-0.2, -0.15) is 0 Å². The molecule has 3 aromatic heterocycles. The molecule has 0 spiro atoms. The Morgan fingerprint density at radius 2 is 2.22 bits per heavy atom. The minimum atomic E-state index is -0.142. The summed E-state index contributed by atoms with van der Waals surface area (Å²) in [5, 5.41) is 1.87. The van der Waals surface area contributed by atoms with Crippen LogP contribution < -0.4 is 5.73 Å². The summed E-state index contributed by atoms with van der Waals surface area (Å²) in [6.07, 6.45) is 0.815. The molecule has 0 aliphatic heterocycles. The third kappa shape index (κ3) is 3.00. The van der Waals surface area contributed by atoms with Gasteiger partial charge >= 0.3 is 0 Å². The van der Waals surface area contributed by atoms with Crippen LogP contribution in [-0.2, 0) is 6.42 Å². The summed E-state index contributed by atoms with van der Waals surface area (Å²) in [7, 11) is 4.05. The van der Waals surface area contributed by atoms with Gasteiger partial charge < -0.3 is 15.1 Å². The fraction of sp³-hybridized carbons (Fsp3) is 0.294. The number of nitrogens with zero attached hydrogens (tertiary/aromatic N) is 2. The predicted octanol–water partition coefficient (Wildman–Crippen LogP) is 3.12. The van der Waals surface area contributed by atoms with Gasteiger partial charge in [0.05, 0.1) is 10.6 Å². The molecule has 3 heterocycles. The molecule has 2 N–H and O–H groups in total. The Morgan fingerprint density at radius 3 is 2.87 bits per heavy atom. The van der Waals surface area contributed by atoms with Gasteiger partial charge in [0.15, 0.2) is 5.58 Å². The number of nitrogens with two attached hydrogens (primary N) is 1. The number of fused-ring (bicyclic) bond motifs is 1. The van der Waals surface area contributed by atoms with Crippen molar-refractivity contribution >= 4 is 33.9 Å². The van der Waals surface area contributed by atoms with Gasteiger partial charge in [0, 0.05) is 18.2 Å². The maximum atomic E-state index is 12.6. The third-order valence-corrected chi connectivity index (χ3v) is 4.63. The van der Waals surface area contributed by atoms with E-state index >= 15 is 0 Å². The fourth-order valence-corrected chi connectivity index (χ4v) is 3.20. The van der Waals surface area contributed by atoms with Crippen LogP contribution in [-0.4, -0.2) is 36.3 Å². The first kappa shape index (κ1) is 15.7. The molecular weight excluding hydrogens is 310 g/mol. The number of carbonyl (C=O) groups excluding carboxylic acids is 1. The Hall–Kier alpha value is -2.18. The number of likely N-dealkylation sites (N-methyl/N-ethyl adjacent to an activating group) is 1. The standard InChI is InChI=1S/C17H19N3O2S/c1-10-11(6-7-20(2)3)15-13(22-10)9-12(18)16(19-15)17(21)14-5-4-8-23-14/h4-5,8-9H,6-7,18H2,1-3H3. The van der Waals surface area contributed by atoms with Crippen molar-refractivity contribution in [2.75, 3.05) is 26.4 Å². The van der Waals surface area contributed by atoms with Crippen LogP contribution in [0.2, 0.25) is 0 Å². The molecule has 6 heteroatoms. The molecule has 5 nitrogen and oxygen atoms in total. The van der Waals surface area contributed by atoms with Crippen molar-refractivity contribution in [1.29, 1.82) is 0 Å². The molecule has 0 unspecified atom stereocenters. The van der Waals surface area contributed by atoms with Gasteiger partial charge in [-0.1, -0.05) is 6.07 Å². The highest BCUT2D eigenvalue weighted by atomic mass is 32.1. The van der Waals surface area contributed by atoms with Crippen molar-refractivity contribution in [2.24, 2.45) is 0 Å². The van der Waals surface area contributed by atoms with Crippen LogP contribution in [0, 0.1) is 6.92 Å². The number of hydrogen-bond acceptors (Lipinski definition) is 6. The summed E-state index contributed by atoms with van der Waals surface area (Å²) >= 11 is 1.39. The van der Waals surface area contributed by atoms with E-state index in [1.807, 2.05) is 32.5 Å². The van der Waals surface area contributed by atoms with Gasteiger partial charge in [-0.3, -0.25) is 4.79 Å². The Bertz CT molecular complexity index is 850. The van der Waals surface area contributed by atoms with Crippen molar-refractivity contribution < 1.29 is 9.21 Å². The number of hydrogen-bond donors (Lipinski definition) is 1. The molecule has 0 aromatic carbocycles. The van der Waals surface area contributed by atoms with E-state index in [0.717, 1.165) is 29.8 Å². The summed E-state index contributed by atoms with van der Waals surface area (Å²) < 4.78 is 5.77. The minimum Gasteiger partial charge on any atom is -0.459 e. The molecule has 0 amide bonds. The van der Waals surface area contributed by atoms with Gasteiger partial charge in [-0.25, -0.2) is 4.98 Å². The second-order valence-electron chi connectivity index (χ2n) is 5.77. The van der Waals surface area contributed by atoms with E-state index in [-0.39, 0.29) is 5.78 Å². The smallest absolute Gasteiger partial charge is 0.223 e. The number of aryl methyl sites for hydroxylation is 1. The maximum Gasteiger partial charge on any atom is 0.223 e. The second kappa shape index (κ2) is 6.14. The van der Waals surface area contributed by atoms with E-state index in [4.69, 9.17) is 10.2 Å². The van der Waals surface area contributed by atoms with Crippen molar-refractivity contribution in [3.63, 3.8) is 0 Å². The first-order valence-corrected chi connectivity index (χ1v) is 8.26. The Morgan fingerprint density at radius 1 is 1.43 bits per heavy atom. The highest BCUT2D eigenvalue weighted by molar-refractivity contribution is 7.12. The van der Waals surface area contributed by atoms with E-state index in [1.165, 1.54) is 11.3 Å². The highest BCUT2D eigenvalue weighted by Crippen LogP contribution is 2.29. The number of anilines is 1. The fourth-order valence-electron chi connectivity index (χ4n) is 2.53. The number of rotatable bonds is 5. The van der Waals surface area contributed by atoms with E-state index in [2.05, 4.69) is 9.88 Å². The highest BCUT2D eigenvalue weighted by Gasteiger charge is 2.20. The lowest BCUT2D eigenvalue weighted by Gasteiger charge is -2.08. The van der Waals surface area contributed by atoms with Crippen LogP contribution in [0.1, 0.15) is 26.7 Å². The van der Waals surface area contributed by atoms with Crippen LogP contribution in [0.4, 0.5) is 5.69 Å². The zero-order chi connectivity index (χ0) is 16.6. The molecule has 0 aliphatic carbocycles. The summed E-state index contributed by atoms with van der Waals surface area (Å²) in [6.45, 7) is 2.80. The molecular formula is C17H19N3O2S. The Labute approximate surface area is 138 Å². The van der Waals surface area contributed by atoms with E-state index in [0.29, 0.717) is 21.8 Å². The number of nitrogen functional groups attached to an aromatic ring is 1. The number of carbonyl (C=O) groups is 1. The van der Waals surface area contributed by atoms with Crippen molar-refractivity contribution in [1.82, 2.24) is 9.88 Å². The van der Waals surface area contributed by atoms with Crippen molar-refractivity contribution in [2.45, 2.75) is 13.3 Å². The summed E-state index contributed by atoms with van der Waals surface area (Å²) in [4.78, 5) is 19.9. The SMILES string of the molecule is Cc1oc2cc(N)c(C(=O)c3cccs3)nc2c1CCN(C)C. The minimum absolute atomic E-state index is 0.142. The molecule has 3 rings (SSSR count). The lowest BCUT2D eigenvalue weighted by molar-refractivity contribution is 0.103. The van der Waals surface area contributed by atoms with E-state index in [9.17, 15) is 4.79 Å². The maximum absolute atomic E-state index is 12.6. The topological polar surface area (TPSA) is 72.4 Å². The monoisotopic (exact) mass is 329 g/mol. The van der Waals surface area contributed by atoms with E-state index in [1.54, 1.807) is 12.1 Å². The number of aromatic nitrogens is 1. The molecule has 0 saturated carbocycles. The van der Waals surface area contributed by atoms with Gasteiger partial charge in [0.25, 0.3) is 0 Å². The Kier molecular flexibility index (Phi) is 4.19. The number of ketones is 1. The average molecular weight is 329 g/mol. The van der Waals surface area contributed by atoms with Crippen LogP contribution in [0.3, 0.4) is 0 Å². The molecule has 23 heavy (non-hydrogen) atoms. The lowest BCUT2D eigenvalue weighted by atomic mass is 10.1. The third-order valence-electron chi connectivity index (χ3n) is 3.76. The molecule has 0 saturated heterocycles. The summed E-state index contributed by atoms with van der Waals surface area (Å²) in [6, 6.07) is 5.33. The van der Waals surface area contributed by atoms with E-state index < -0.39 is 0 Å². The number of thiophene rings is 1. The van der Waals surface area contributed by atoms with Crippen LogP contribution >= 0.6 is 11.3 Å². The summed E-state index contributed by atoms with van der Waals surface area (Å²) in [5.74, 6) is 0.686. The zero-order valence-electron chi connectivity index (χ0n) is 13.4. The van der Waals surface area contributed by atoms with Crippen LogP contribution in [0.25, 0.3) is 11.1 Å². The molecule has 0 radical (unpaired) electrons.